The summed E-state index contributed by atoms with van der Waals surface area (Å²) >= 11 is 4.91. The summed E-state index contributed by atoms with van der Waals surface area (Å²) in [6.45, 7) is 6.57. The summed E-state index contributed by atoms with van der Waals surface area (Å²) < 4.78 is 10.8. The number of rotatable bonds is 8. The van der Waals surface area contributed by atoms with Crippen molar-refractivity contribution in [2.45, 2.75) is 33.0 Å². The molecule has 0 saturated heterocycles. The largest absolute Gasteiger partial charge is 0.389 e. The molecule has 3 N–H and O–H groups in total. The van der Waals surface area contributed by atoms with E-state index >= 15 is 0 Å². The Morgan fingerprint density at radius 3 is 2.76 bits per heavy atom. The van der Waals surface area contributed by atoms with Gasteiger partial charge in [0.15, 0.2) is 0 Å². The maximum Gasteiger partial charge on any atom is 0.253 e. The monoisotopic (exact) mass is 310 g/mol. The number of hydrogen-bond donors (Lipinski definition) is 2. The third kappa shape index (κ3) is 6.20. The molecule has 1 rings (SSSR count). The fraction of sp³-hybridized carbons (Fsp3) is 0.467. The zero-order chi connectivity index (χ0) is 15.8. The highest BCUT2D eigenvalue weighted by molar-refractivity contribution is 7.80. The first-order valence-electron chi connectivity index (χ1n) is 6.88. The van der Waals surface area contributed by atoms with Crippen LogP contribution in [0.5, 0.6) is 0 Å². The molecule has 21 heavy (non-hydrogen) atoms. The van der Waals surface area contributed by atoms with E-state index in [1.807, 2.05) is 13.8 Å². The smallest absolute Gasteiger partial charge is 0.253 e. The Morgan fingerprint density at radius 2 is 2.14 bits per heavy atom. The molecule has 1 aromatic carbocycles. The Kier molecular flexibility index (Phi) is 7.28. The van der Waals surface area contributed by atoms with Gasteiger partial charge in [-0.05, 0) is 32.9 Å². The second kappa shape index (κ2) is 8.71. The van der Waals surface area contributed by atoms with E-state index in [0.29, 0.717) is 29.5 Å². The van der Waals surface area contributed by atoms with Crippen molar-refractivity contribution in [3.8, 4) is 0 Å². The van der Waals surface area contributed by atoms with Crippen molar-refractivity contribution >= 4 is 28.8 Å². The number of thiocarbonyl (C=S) groups is 1. The molecule has 6 heteroatoms. The summed E-state index contributed by atoms with van der Waals surface area (Å²) in [4.78, 5) is 12.4. The Labute approximate surface area is 130 Å². The van der Waals surface area contributed by atoms with Gasteiger partial charge >= 0.3 is 0 Å². The summed E-state index contributed by atoms with van der Waals surface area (Å²) in [5, 5.41) is 2.78. The molecule has 5 nitrogen and oxygen atoms in total. The first-order valence-corrected chi connectivity index (χ1v) is 7.28. The molecule has 1 aromatic rings. The molecular weight excluding hydrogens is 288 g/mol. The van der Waals surface area contributed by atoms with Crippen molar-refractivity contribution in [1.29, 1.82) is 0 Å². The Bertz CT molecular complexity index is 494. The summed E-state index contributed by atoms with van der Waals surface area (Å²) in [6.07, 6.45) is -0.720. The number of carbonyl (C=O) groups excluding carboxylic acids is 1. The minimum Gasteiger partial charge on any atom is -0.389 e. The molecule has 0 heterocycles. The van der Waals surface area contributed by atoms with E-state index in [2.05, 4.69) is 5.32 Å². The Morgan fingerprint density at radius 1 is 1.43 bits per heavy atom. The molecule has 0 spiro atoms. The van der Waals surface area contributed by atoms with Crippen LogP contribution in [0.2, 0.25) is 0 Å². The lowest BCUT2D eigenvalue weighted by Gasteiger charge is -2.18. The standard InChI is InChI=1S/C15H22N2O3S/c1-4-19-9-10(2)20-11(3)15(18)17-13-7-5-6-12(8-13)14(16)21/h5-8,10-11H,4,9H2,1-3H3,(H2,16,21)(H,17,18). The van der Waals surface area contributed by atoms with E-state index in [-0.39, 0.29) is 12.0 Å². The average Bonchev–Trinajstić information content (AvgIpc) is 2.45. The molecule has 0 aromatic heterocycles. The maximum absolute atomic E-state index is 12.1. The highest BCUT2D eigenvalue weighted by Crippen LogP contribution is 2.12. The van der Waals surface area contributed by atoms with Crippen LogP contribution < -0.4 is 11.1 Å². The van der Waals surface area contributed by atoms with Crippen molar-refractivity contribution < 1.29 is 14.3 Å². The second-order valence-corrected chi connectivity index (χ2v) is 5.12. The summed E-state index contributed by atoms with van der Waals surface area (Å²) in [5.74, 6) is -0.224. The first kappa shape index (κ1) is 17.6. The van der Waals surface area contributed by atoms with Gasteiger partial charge in [-0.1, -0.05) is 24.4 Å². The molecule has 2 unspecified atom stereocenters. The van der Waals surface area contributed by atoms with Gasteiger partial charge < -0.3 is 20.5 Å². The van der Waals surface area contributed by atoms with Gasteiger partial charge in [0.1, 0.15) is 11.1 Å². The van der Waals surface area contributed by atoms with Crippen LogP contribution in [0.25, 0.3) is 0 Å². The Balaban J connectivity index is 2.55. The van der Waals surface area contributed by atoms with E-state index in [1.165, 1.54) is 0 Å². The Hall–Kier alpha value is -1.50. The van der Waals surface area contributed by atoms with Gasteiger partial charge in [0, 0.05) is 17.9 Å². The molecule has 0 radical (unpaired) electrons. The minimum atomic E-state index is -0.575. The van der Waals surface area contributed by atoms with Crippen molar-refractivity contribution in [2.75, 3.05) is 18.5 Å². The van der Waals surface area contributed by atoms with E-state index in [9.17, 15) is 4.79 Å². The summed E-state index contributed by atoms with van der Waals surface area (Å²) in [6, 6.07) is 7.09. The van der Waals surface area contributed by atoms with Gasteiger partial charge in [0.25, 0.3) is 5.91 Å². The molecule has 1 amide bonds. The van der Waals surface area contributed by atoms with Gasteiger partial charge in [-0.25, -0.2) is 0 Å². The van der Waals surface area contributed by atoms with Crippen LogP contribution in [0.3, 0.4) is 0 Å². The van der Waals surface area contributed by atoms with Crippen LogP contribution >= 0.6 is 12.2 Å². The zero-order valence-electron chi connectivity index (χ0n) is 12.6. The average molecular weight is 310 g/mol. The topological polar surface area (TPSA) is 73.6 Å². The summed E-state index contributed by atoms with van der Waals surface area (Å²) in [5.41, 5.74) is 6.91. The van der Waals surface area contributed by atoms with Gasteiger partial charge in [0.05, 0.1) is 12.7 Å². The van der Waals surface area contributed by atoms with Gasteiger partial charge in [-0.3, -0.25) is 4.79 Å². The predicted molar refractivity (Wildman–Crippen MR) is 87.5 cm³/mol. The third-order valence-corrected chi connectivity index (χ3v) is 3.01. The number of amides is 1. The zero-order valence-corrected chi connectivity index (χ0v) is 13.4. The molecule has 0 aliphatic heterocycles. The number of ether oxygens (including phenoxy) is 2. The van der Waals surface area contributed by atoms with Crippen LogP contribution in [0.1, 0.15) is 26.3 Å². The van der Waals surface area contributed by atoms with E-state index in [4.69, 9.17) is 27.4 Å². The van der Waals surface area contributed by atoms with Crippen LogP contribution in [0, 0.1) is 0 Å². The predicted octanol–water partition coefficient (Wildman–Crippen LogP) is 2.09. The van der Waals surface area contributed by atoms with Crippen molar-refractivity contribution in [3.63, 3.8) is 0 Å². The molecule has 2 atom stereocenters. The third-order valence-electron chi connectivity index (χ3n) is 2.78. The molecule has 0 bridgehead atoms. The molecule has 0 saturated carbocycles. The van der Waals surface area contributed by atoms with Crippen LogP contribution in [0.15, 0.2) is 24.3 Å². The second-order valence-electron chi connectivity index (χ2n) is 4.68. The highest BCUT2D eigenvalue weighted by Gasteiger charge is 2.17. The highest BCUT2D eigenvalue weighted by atomic mass is 32.1. The number of nitrogens with two attached hydrogens (primary N) is 1. The summed E-state index contributed by atoms with van der Waals surface area (Å²) in [7, 11) is 0. The maximum atomic E-state index is 12.1. The SMILES string of the molecule is CCOCC(C)OC(C)C(=O)Nc1cccc(C(N)=S)c1. The number of benzene rings is 1. The minimum absolute atomic E-state index is 0.145. The van der Waals surface area contributed by atoms with Crippen molar-refractivity contribution in [3.05, 3.63) is 29.8 Å². The van der Waals surface area contributed by atoms with Crippen molar-refractivity contribution in [1.82, 2.24) is 0 Å². The number of anilines is 1. The lowest BCUT2D eigenvalue weighted by molar-refractivity contribution is -0.131. The van der Waals surface area contributed by atoms with E-state index < -0.39 is 6.10 Å². The molecule has 116 valence electrons. The van der Waals surface area contributed by atoms with Crippen LogP contribution in [0.4, 0.5) is 5.69 Å². The number of carbonyl (C=O) groups is 1. The van der Waals surface area contributed by atoms with E-state index in [0.717, 1.165) is 0 Å². The molecule has 0 fully saturated rings. The van der Waals surface area contributed by atoms with Crippen molar-refractivity contribution in [2.24, 2.45) is 5.73 Å². The normalized spacial score (nSPS) is 13.5. The fourth-order valence-corrected chi connectivity index (χ4v) is 1.85. The first-order chi connectivity index (χ1) is 9.93. The van der Waals surface area contributed by atoms with Gasteiger partial charge in [-0.15, -0.1) is 0 Å². The van der Waals surface area contributed by atoms with Gasteiger partial charge in [-0.2, -0.15) is 0 Å². The molecular formula is C15H22N2O3S. The lowest BCUT2D eigenvalue weighted by atomic mass is 10.2. The molecule has 0 aliphatic rings. The fourth-order valence-electron chi connectivity index (χ4n) is 1.73. The van der Waals surface area contributed by atoms with E-state index in [1.54, 1.807) is 31.2 Å². The molecule has 0 aliphatic carbocycles. The number of nitrogens with one attached hydrogen (secondary N) is 1. The van der Waals surface area contributed by atoms with Gasteiger partial charge in [0.2, 0.25) is 0 Å². The van der Waals surface area contributed by atoms with Crippen LogP contribution in [-0.4, -0.2) is 36.3 Å². The quantitative estimate of drug-likeness (QED) is 0.719. The van der Waals surface area contributed by atoms with Crippen LogP contribution in [-0.2, 0) is 14.3 Å². The lowest BCUT2D eigenvalue weighted by Crippen LogP contribution is -2.32. The number of hydrogen-bond acceptors (Lipinski definition) is 4.